The SMILES string of the molecule is Cc1ccc(C(=O)Nc2ccc(CN3CCN(C)CC3)c(C(F)(F)F)c2)cc1Cc1nc(-c2cccnc2)nc2ccn(C)c12. The van der Waals surface area contributed by atoms with E-state index in [1.807, 2.05) is 60.9 Å². The molecule has 0 aliphatic carbocycles. The van der Waals surface area contributed by atoms with E-state index in [0.29, 0.717) is 30.9 Å². The van der Waals surface area contributed by atoms with Gasteiger partial charge in [-0.05, 0) is 73.1 Å². The highest BCUT2D eigenvalue weighted by molar-refractivity contribution is 6.04. The van der Waals surface area contributed by atoms with Crippen LogP contribution in [0.25, 0.3) is 22.4 Å². The zero-order valence-electron chi connectivity index (χ0n) is 25.4. The van der Waals surface area contributed by atoms with Gasteiger partial charge in [-0.15, -0.1) is 0 Å². The van der Waals surface area contributed by atoms with Gasteiger partial charge >= 0.3 is 6.18 Å². The molecule has 0 atom stereocenters. The Balaban J connectivity index is 1.25. The Hall–Kier alpha value is -4.61. The highest BCUT2D eigenvalue weighted by Gasteiger charge is 2.34. The molecule has 11 heteroatoms. The first kappa shape index (κ1) is 30.4. The number of carbonyl (C=O) groups is 1. The molecule has 0 spiro atoms. The Morgan fingerprint density at radius 3 is 2.49 bits per heavy atom. The molecule has 1 fully saturated rings. The molecule has 1 N–H and O–H groups in total. The number of aromatic nitrogens is 4. The molecule has 5 aromatic rings. The van der Waals surface area contributed by atoms with Gasteiger partial charge in [0.15, 0.2) is 5.82 Å². The number of hydrogen-bond acceptors (Lipinski definition) is 6. The summed E-state index contributed by atoms with van der Waals surface area (Å²) in [6.07, 6.45) is 1.22. The van der Waals surface area contributed by atoms with Crippen LogP contribution in [0, 0.1) is 6.92 Å². The van der Waals surface area contributed by atoms with E-state index < -0.39 is 17.6 Å². The number of likely N-dealkylation sites (N-methyl/N-ethyl adjacent to an activating group) is 1. The van der Waals surface area contributed by atoms with Crippen LogP contribution in [0.3, 0.4) is 0 Å². The third kappa shape index (κ3) is 6.74. The molecule has 1 aliphatic rings. The molecule has 0 bridgehead atoms. The van der Waals surface area contributed by atoms with Crippen molar-refractivity contribution < 1.29 is 18.0 Å². The van der Waals surface area contributed by atoms with E-state index in [9.17, 15) is 18.0 Å². The smallest absolute Gasteiger partial charge is 0.348 e. The lowest BCUT2D eigenvalue weighted by atomic mass is 9.99. The summed E-state index contributed by atoms with van der Waals surface area (Å²) in [5.74, 6) is 0.0684. The molecule has 8 nitrogen and oxygen atoms in total. The predicted octanol–water partition coefficient (Wildman–Crippen LogP) is 5.95. The van der Waals surface area contributed by atoms with Gasteiger partial charge in [-0.25, -0.2) is 9.97 Å². The molecule has 0 radical (unpaired) electrons. The number of anilines is 1. The van der Waals surface area contributed by atoms with Crippen LogP contribution in [-0.4, -0.2) is 68.5 Å². The number of piperazine rings is 1. The fourth-order valence-electron chi connectivity index (χ4n) is 5.72. The summed E-state index contributed by atoms with van der Waals surface area (Å²) in [6.45, 7) is 5.20. The van der Waals surface area contributed by atoms with Gasteiger partial charge in [0.25, 0.3) is 5.91 Å². The Morgan fingerprint density at radius 2 is 1.76 bits per heavy atom. The van der Waals surface area contributed by atoms with Crippen LogP contribution in [0.4, 0.5) is 18.9 Å². The maximum atomic E-state index is 14.1. The van der Waals surface area contributed by atoms with Crippen LogP contribution in [0.5, 0.6) is 0 Å². The number of amides is 1. The van der Waals surface area contributed by atoms with Crippen molar-refractivity contribution in [1.82, 2.24) is 29.3 Å². The molecule has 1 aliphatic heterocycles. The van der Waals surface area contributed by atoms with Crippen molar-refractivity contribution in [3.05, 3.63) is 107 Å². The fraction of sp³-hybridized carbons (Fsp3) is 0.294. The third-order valence-electron chi connectivity index (χ3n) is 8.34. The van der Waals surface area contributed by atoms with E-state index in [0.717, 1.165) is 52.6 Å². The summed E-state index contributed by atoms with van der Waals surface area (Å²) in [5, 5.41) is 2.69. The van der Waals surface area contributed by atoms with Crippen molar-refractivity contribution >= 4 is 22.6 Å². The lowest BCUT2D eigenvalue weighted by molar-refractivity contribution is -0.138. The van der Waals surface area contributed by atoms with Crippen molar-refractivity contribution in [2.75, 3.05) is 38.5 Å². The number of nitrogens with zero attached hydrogens (tertiary/aromatic N) is 6. The van der Waals surface area contributed by atoms with Gasteiger partial charge in [0.2, 0.25) is 0 Å². The largest absolute Gasteiger partial charge is 0.416 e. The van der Waals surface area contributed by atoms with Crippen LogP contribution in [0.2, 0.25) is 0 Å². The Kier molecular flexibility index (Phi) is 8.39. The van der Waals surface area contributed by atoms with Crippen LogP contribution in [-0.2, 0) is 26.2 Å². The minimum Gasteiger partial charge on any atom is -0.348 e. The second-order valence-electron chi connectivity index (χ2n) is 11.6. The van der Waals surface area contributed by atoms with Gasteiger partial charge in [0.05, 0.1) is 22.3 Å². The zero-order valence-corrected chi connectivity index (χ0v) is 25.4. The van der Waals surface area contributed by atoms with Gasteiger partial charge in [0.1, 0.15) is 0 Å². The summed E-state index contributed by atoms with van der Waals surface area (Å²) < 4.78 is 44.3. The number of rotatable bonds is 7. The lowest BCUT2D eigenvalue weighted by Crippen LogP contribution is -2.44. The van der Waals surface area contributed by atoms with Crippen molar-refractivity contribution in [2.24, 2.45) is 7.05 Å². The van der Waals surface area contributed by atoms with Crippen molar-refractivity contribution in [1.29, 1.82) is 0 Å². The van der Waals surface area contributed by atoms with Crippen LogP contribution >= 0.6 is 0 Å². The van der Waals surface area contributed by atoms with Crippen LogP contribution in [0.15, 0.2) is 73.2 Å². The molecule has 0 unspecified atom stereocenters. The second-order valence-corrected chi connectivity index (χ2v) is 11.6. The molecule has 6 rings (SSSR count). The van der Waals surface area contributed by atoms with Gasteiger partial charge < -0.3 is 14.8 Å². The molecule has 3 aromatic heterocycles. The molecule has 1 saturated heterocycles. The zero-order chi connectivity index (χ0) is 31.7. The second kappa shape index (κ2) is 12.4. The Labute approximate surface area is 259 Å². The summed E-state index contributed by atoms with van der Waals surface area (Å²) in [6, 6.07) is 15.0. The van der Waals surface area contributed by atoms with E-state index >= 15 is 0 Å². The van der Waals surface area contributed by atoms with E-state index in [2.05, 4.69) is 15.2 Å². The highest BCUT2D eigenvalue weighted by atomic mass is 19.4. The Morgan fingerprint density at radius 1 is 0.956 bits per heavy atom. The number of pyridine rings is 1. The first-order chi connectivity index (χ1) is 21.5. The Bertz CT molecular complexity index is 1840. The standard InChI is InChI=1S/C34H34F3N7O/c1-22-6-7-23(17-26(22)18-30-31-29(10-12-43(31)3)40-32(41-30)24-5-4-11-38-20-24)33(45)39-27-9-8-25(28(19-27)34(35,36)37)21-44-15-13-42(2)14-16-44/h4-12,17,19-20H,13-16,18,21H2,1-3H3,(H,39,45). The normalized spacial score (nSPS) is 14.6. The third-order valence-corrected chi connectivity index (χ3v) is 8.34. The monoisotopic (exact) mass is 613 g/mol. The fourth-order valence-corrected chi connectivity index (χ4v) is 5.72. The summed E-state index contributed by atoms with van der Waals surface area (Å²) in [4.78, 5) is 31.3. The predicted molar refractivity (Wildman–Crippen MR) is 168 cm³/mol. The van der Waals surface area contributed by atoms with E-state index in [1.54, 1.807) is 30.6 Å². The maximum absolute atomic E-state index is 14.1. The number of hydrogen-bond donors (Lipinski definition) is 1. The molecule has 4 heterocycles. The van der Waals surface area contributed by atoms with E-state index in [1.165, 1.54) is 6.07 Å². The first-order valence-corrected chi connectivity index (χ1v) is 14.8. The van der Waals surface area contributed by atoms with E-state index in [4.69, 9.17) is 9.97 Å². The van der Waals surface area contributed by atoms with Gasteiger partial charge in [-0.2, -0.15) is 13.2 Å². The highest BCUT2D eigenvalue weighted by Crippen LogP contribution is 2.35. The number of fused-ring (bicyclic) bond motifs is 1. The molecule has 0 saturated carbocycles. The summed E-state index contributed by atoms with van der Waals surface area (Å²) in [5.41, 5.74) is 5.00. The van der Waals surface area contributed by atoms with Crippen LogP contribution < -0.4 is 5.32 Å². The minimum absolute atomic E-state index is 0.0963. The molecule has 2 aromatic carbocycles. The number of nitrogens with one attached hydrogen (secondary N) is 1. The number of alkyl halides is 3. The topological polar surface area (TPSA) is 79.2 Å². The van der Waals surface area contributed by atoms with Crippen LogP contribution in [0.1, 0.15) is 38.3 Å². The molecule has 232 valence electrons. The van der Waals surface area contributed by atoms with Crippen molar-refractivity contribution in [3.63, 3.8) is 0 Å². The average molecular weight is 614 g/mol. The maximum Gasteiger partial charge on any atom is 0.416 e. The van der Waals surface area contributed by atoms with Crippen molar-refractivity contribution in [3.8, 4) is 11.4 Å². The number of halogens is 3. The number of carbonyl (C=O) groups excluding carboxylic acids is 1. The average Bonchev–Trinajstić information content (AvgIpc) is 3.40. The molecular weight excluding hydrogens is 579 g/mol. The molecule has 1 amide bonds. The van der Waals surface area contributed by atoms with E-state index in [-0.39, 0.29) is 17.8 Å². The van der Waals surface area contributed by atoms with Gasteiger partial charge in [-0.1, -0.05) is 12.1 Å². The summed E-state index contributed by atoms with van der Waals surface area (Å²) >= 11 is 0. The first-order valence-electron chi connectivity index (χ1n) is 14.8. The molecule has 45 heavy (non-hydrogen) atoms. The summed E-state index contributed by atoms with van der Waals surface area (Å²) in [7, 11) is 3.94. The van der Waals surface area contributed by atoms with Gasteiger partial charge in [0, 0.05) is 81.6 Å². The molecular formula is C34H34F3N7O. The number of aryl methyl sites for hydroxylation is 2. The quantitative estimate of drug-likeness (QED) is 0.245. The van der Waals surface area contributed by atoms with Gasteiger partial charge in [-0.3, -0.25) is 14.7 Å². The number of benzene rings is 2. The minimum atomic E-state index is -4.55. The van der Waals surface area contributed by atoms with Crippen molar-refractivity contribution in [2.45, 2.75) is 26.1 Å². The lowest BCUT2D eigenvalue weighted by Gasteiger charge is -2.33.